The van der Waals surface area contributed by atoms with Crippen LogP contribution in [0.25, 0.3) is 10.9 Å². The minimum atomic E-state index is -0.811. The summed E-state index contributed by atoms with van der Waals surface area (Å²) in [7, 11) is 1.85. The molecule has 1 amide bonds. The standard InChI is InChI=1S/C22H29N3O3/c1-15-18-8-4-5-9-20(18)23-16(2)19(15)13-21(26)25-11-6-7-17(10-12-25)24(3)14-22(27)28/h4-5,8-9,17H,6-7,10-14H2,1-3H3,(H,27,28). The fourth-order valence-electron chi connectivity index (χ4n) is 4.21. The number of aromatic nitrogens is 1. The first kappa shape index (κ1) is 20.3. The van der Waals surface area contributed by atoms with E-state index >= 15 is 0 Å². The molecule has 1 unspecified atom stereocenters. The molecule has 6 nitrogen and oxygen atoms in total. The topological polar surface area (TPSA) is 73.7 Å². The number of carbonyl (C=O) groups excluding carboxylic acids is 1. The molecule has 2 heterocycles. The van der Waals surface area contributed by atoms with Crippen LogP contribution in [0.5, 0.6) is 0 Å². The average Bonchev–Trinajstić information content (AvgIpc) is 2.91. The summed E-state index contributed by atoms with van der Waals surface area (Å²) in [6, 6.07) is 8.25. The average molecular weight is 383 g/mol. The maximum absolute atomic E-state index is 13.0. The van der Waals surface area contributed by atoms with Crippen LogP contribution in [-0.4, -0.2) is 64.5 Å². The highest BCUT2D eigenvalue weighted by Gasteiger charge is 2.25. The van der Waals surface area contributed by atoms with Gasteiger partial charge in [-0.1, -0.05) is 18.2 Å². The molecule has 28 heavy (non-hydrogen) atoms. The van der Waals surface area contributed by atoms with Gasteiger partial charge in [0, 0.05) is 30.2 Å². The molecule has 1 aliphatic heterocycles. The van der Waals surface area contributed by atoms with Crippen molar-refractivity contribution in [3.8, 4) is 0 Å². The molecule has 0 saturated carbocycles. The van der Waals surface area contributed by atoms with Crippen molar-refractivity contribution in [1.82, 2.24) is 14.8 Å². The summed E-state index contributed by atoms with van der Waals surface area (Å²) in [5.74, 6) is -0.681. The minimum Gasteiger partial charge on any atom is -0.480 e. The van der Waals surface area contributed by atoms with Crippen molar-refractivity contribution in [2.75, 3.05) is 26.7 Å². The summed E-state index contributed by atoms with van der Waals surface area (Å²) in [6.07, 6.45) is 2.99. The number of carboxylic acids is 1. The molecule has 3 rings (SSSR count). The maximum atomic E-state index is 13.0. The van der Waals surface area contributed by atoms with E-state index in [-0.39, 0.29) is 18.5 Å². The van der Waals surface area contributed by atoms with Crippen LogP contribution in [0.1, 0.15) is 36.1 Å². The molecule has 1 N–H and O–H groups in total. The number of aryl methyl sites for hydroxylation is 2. The highest BCUT2D eigenvalue weighted by atomic mass is 16.4. The Balaban J connectivity index is 1.70. The summed E-state index contributed by atoms with van der Waals surface area (Å²) in [5, 5.41) is 10.1. The van der Waals surface area contributed by atoms with Gasteiger partial charge in [0.05, 0.1) is 18.5 Å². The molecular weight excluding hydrogens is 354 g/mol. The van der Waals surface area contributed by atoms with E-state index < -0.39 is 5.97 Å². The van der Waals surface area contributed by atoms with E-state index in [0.717, 1.165) is 53.5 Å². The van der Waals surface area contributed by atoms with Gasteiger partial charge < -0.3 is 10.0 Å². The van der Waals surface area contributed by atoms with Gasteiger partial charge >= 0.3 is 5.97 Å². The monoisotopic (exact) mass is 383 g/mol. The predicted molar refractivity (Wildman–Crippen MR) is 109 cm³/mol. The molecule has 0 bridgehead atoms. The molecule has 1 fully saturated rings. The van der Waals surface area contributed by atoms with Gasteiger partial charge in [0.2, 0.25) is 5.91 Å². The number of aliphatic carboxylic acids is 1. The lowest BCUT2D eigenvalue weighted by molar-refractivity contribution is -0.138. The van der Waals surface area contributed by atoms with Gasteiger partial charge in [-0.25, -0.2) is 0 Å². The van der Waals surface area contributed by atoms with Crippen LogP contribution in [-0.2, 0) is 16.0 Å². The highest BCUT2D eigenvalue weighted by molar-refractivity contribution is 5.86. The molecule has 6 heteroatoms. The third-order valence-corrected chi connectivity index (χ3v) is 5.87. The molecule has 150 valence electrons. The SMILES string of the molecule is Cc1nc2ccccc2c(C)c1CC(=O)N1CCCC(N(C)CC(=O)O)CC1. The Morgan fingerprint density at radius 2 is 1.96 bits per heavy atom. The van der Waals surface area contributed by atoms with Crippen molar-refractivity contribution in [2.45, 2.75) is 45.6 Å². The van der Waals surface area contributed by atoms with Crippen LogP contribution in [0.3, 0.4) is 0 Å². The van der Waals surface area contributed by atoms with Crippen LogP contribution in [0.15, 0.2) is 24.3 Å². The van der Waals surface area contributed by atoms with E-state index in [2.05, 4.69) is 18.0 Å². The number of benzene rings is 1. The molecule has 1 saturated heterocycles. The minimum absolute atomic E-state index is 0.0414. The smallest absolute Gasteiger partial charge is 0.317 e. The van der Waals surface area contributed by atoms with Crippen LogP contribution >= 0.6 is 0 Å². The second-order valence-electron chi connectivity index (χ2n) is 7.77. The molecular formula is C22H29N3O3. The first-order valence-electron chi connectivity index (χ1n) is 9.91. The first-order chi connectivity index (χ1) is 13.4. The Kier molecular flexibility index (Phi) is 6.29. The van der Waals surface area contributed by atoms with Gasteiger partial charge in [0.15, 0.2) is 0 Å². The Bertz CT molecular complexity index is 881. The zero-order valence-corrected chi connectivity index (χ0v) is 16.9. The molecule has 1 aliphatic rings. The van der Waals surface area contributed by atoms with E-state index in [4.69, 9.17) is 5.11 Å². The van der Waals surface area contributed by atoms with Gasteiger partial charge in [-0.3, -0.25) is 19.5 Å². The number of hydrogen-bond acceptors (Lipinski definition) is 4. The second-order valence-corrected chi connectivity index (χ2v) is 7.77. The normalized spacial score (nSPS) is 17.7. The Labute approximate surface area is 166 Å². The van der Waals surface area contributed by atoms with Gasteiger partial charge in [-0.05, 0) is 57.4 Å². The zero-order chi connectivity index (χ0) is 20.3. The van der Waals surface area contributed by atoms with Crippen molar-refractivity contribution in [3.63, 3.8) is 0 Å². The number of para-hydroxylation sites is 1. The lowest BCUT2D eigenvalue weighted by Gasteiger charge is -2.26. The first-order valence-corrected chi connectivity index (χ1v) is 9.91. The molecule has 2 aromatic rings. The number of pyridine rings is 1. The van der Waals surface area contributed by atoms with Gasteiger partial charge in [-0.2, -0.15) is 0 Å². The van der Waals surface area contributed by atoms with Gasteiger partial charge in [0.1, 0.15) is 0 Å². The Morgan fingerprint density at radius 3 is 2.71 bits per heavy atom. The molecule has 0 radical (unpaired) electrons. The Morgan fingerprint density at radius 1 is 1.21 bits per heavy atom. The third-order valence-electron chi connectivity index (χ3n) is 5.87. The fraction of sp³-hybridized carbons (Fsp3) is 0.500. The van der Waals surface area contributed by atoms with Crippen LogP contribution in [0, 0.1) is 13.8 Å². The van der Waals surface area contributed by atoms with Crippen LogP contribution in [0.4, 0.5) is 0 Å². The van der Waals surface area contributed by atoms with Crippen molar-refractivity contribution in [1.29, 1.82) is 0 Å². The number of rotatable bonds is 5. The Hall–Kier alpha value is -2.47. The summed E-state index contributed by atoms with van der Waals surface area (Å²) in [4.78, 5) is 32.5. The molecule has 1 aromatic heterocycles. The van der Waals surface area contributed by atoms with E-state index in [1.165, 1.54) is 0 Å². The fourth-order valence-corrected chi connectivity index (χ4v) is 4.21. The summed E-state index contributed by atoms with van der Waals surface area (Å²) in [5.41, 5.74) is 4.03. The number of likely N-dealkylation sites (tertiary alicyclic amines) is 1. The van der Waals surface area contributed by atoms with Crippen molar-refractivity contribution in [3.05, 3.63) is 41.1 Å². The number of carboxylic acid groups (broad SMARTS) is 1. The molecule has 0 spiro atoms. The maximum Gasteiger partial charge on any atom is 0.317 e. The summed E-state index contributed by atoms with van der Waals surface area (Å²) in [6.45, 7) is 5.49. The van der Waals surface area contributed by atoms with E-state index in [1.807, 2.05) is 42.0 Å². The number of hydrogen-bond donors (Lipinski definition) is 1. The number of amides is 1. The van der Waals surface area contributed by atoms with E-state index in [1.54, 1.807) is 0 Å². The number of carbonyl (C=O) groups is 2. The number of fused-ring (bicyclic) bond motifs is 1. The van der Waals surface area contributed by atoms with Crippen LogP contribution in [0.2, 0.25) is 0 Å². The zero-order valence-electron chi connectivity index (χ0n) is 16.9. The van der Waals surface area contributed by atoms with Crippen LogP contribution < -0.4 is 0 Å². The summed E-state index contributed by atoms with van der Waals surface area (Å²) < 4.78 is 0. The predicted octanol–water partition coefficient (Wildman–Crippen LogP) is 2.79. The van der Waals surface area contributed by atoms with E-state index in [9.17, 15) is 9.59 Å². The van der Waals surface area contributed by atoms with Gasteiger partial charge in [-0.15, -0.1) is 0 Å². The second kappa shape index (κ2) is 8.69. The lowest BCUT2D eigenvalue weighted by Crippen LogP contribution is -2.37. The van der Waals surface area contributed by atoms with E-state index in [0.29, 0.717) is 13.0 Å². The largest absolute Gasteiger partial charge is 0.480 e. The molecule has 0 aliphatic carbocycles. The third kappa shape index (κ3) is 4.50. The number of likely N-dealkylation sites (N-methyl/N-ethyl adjacent to an activating group) is 1. The van der Waals surface area contributed by atoms with Crippen molar-refractivity contribution < 1.29 is 14.7 Å². The summed E-state index contributed by atoms with van der Waals surface area (Å²) >= 11 is 0. The molecule has 1 atom stereocenters. The molecule has 1 aromatic carbocycles. The van der Waals surface area contributed by atoms with Crippen molar-refractivity contribution in [2.24, 2.45) is 0 Å². The highest BCUT2D eigenvalue weighted by Crippen LogP contribution is 2.24. The number of nitrogens with zero attached hydrogens (tertiary/aromatic N) is 3. The lowest BCUT2D eigenvalue weighted by atomic mass is 9.99. The van der Waals surface area contributed by atoms with Gasteiger partial charge in [0.25, 0.3) is 0 Å². The quantitative estimate of drug-likeness (QED) is 0.859. The van der Waals surface area contributed by atoms with Crippen molar-refractivity contribution >= 4 is 22.8 Å².